The first-order chi connectivity index (χ1) is 7.65. The summed E-state index contributed by atoms with van der Waals surface area (Å²) in [7, 11) is 0. The topological polar surface area (TPSA) is 70.7 Å². The lowest BCUT2D eigenvalue weighted by Crippen LogP contribution is -2.02. The van der Waals surface area contributed by atoms with E-state index >= 15 is 0 Å². The summed E-state index contributed by atoms with van der Waals surface area (Å²) in [5.41, 5.74) is 0.872. The number of aromatic amines is 1. The van der Waals surface area contributed by atoms with Crippen LogP contribution in [0.25, 0.3) is 0 Å². The fourth-order valence-corrected chi connectivity index (χ4v) is 2.40. The summed E-state index contributed by atoms with van der Waals surface area (Å²) < 4.78 is 4.23. The predicted octanol–water partition coefficient (Wildman–Crippen LogP) is 2.02. The van der Waals surface area contributed by atoms with E-state index in [1.165, 1.54) is 22.9 Å². The highest BCUT2D eigenvalue weighted by Crippen LogP contribution is 2.17. The third kappa shape index (κ3) is 2.67. The molecule has 0 spiro atoms. The van der Waals surface area contributed by atoms with Gasteiger partial charge in [-0.25, -0.2) is 4.98 Å². The lowest BCUT2D eigenvalue weighted by atomic mass is 10.2. The Morgan fingerprint density at radius 3 is 2.94 bits per heavy atom. The van der Waals surface area contributed by atoms with Gasteiger partial charge in [0.2, 0.25) is 5.13 Å². The molecule has 0 aromatic carbocycles. The van der Waals surface area contributed by atoms with E-state index in [9.17, 15) is 4.79 Å². The first kappa shape index (κ1) is 11.3. The molecule has 0 unspecified atom stereocenters. The summed E-state index contributed by atoms with van der Waals surface area (Å²) >= 11 is 2.51. The van der Waals surface area contributed by atoms with Crippen LogP contribution in [0.3, 0.4) is 0 Å². The van der Waals surface area contributed by atoms with Gasteiger partial charge in [-0.15, -0.1) is 0 Å². The minimum absolute atomic E-state index is 0.0306. The molecule has 86 valence electrons. The van der Waals surface area contributed by atoms with Crippen LogP contribution in [0.4, 0.5) is 5.13 Å². The molecule has 2 aromatic rings. The van der Waals surface area contributed by atoms with E-state index in [0.29, 0.717) is 12.5 Å². The largest absolute Gasteiger partial charge is 0.355 e. The maximum atomic E-state index is 10.9. The normalized spacial score (nSPS) is 10.9. The lowest BCUT2D eigenvalue weighted by molar-refractivity contribution is 0.799. The molecule has 16 heavy (non-hydrogen) atoms. The summed E-state index contributed by atoms with van der Waals surface area (Å²) in [6.07, 6.45) is 0. The average Bonchev–Trinajstić information content (AvgIpc) is 2.83. The molecule has 5 nitrogen and oxygen atoms in total. The number of rotatable bonds is 4. The molecule has 0 aliphatic rings. The SMILES string of the molecule is CC(C)c1nsc(NCc2csc(=O)[nH]2)n1. The second kappa shape index (κ2) is 4.75. The highest BCUT2D eigenvalue weighted by atomic mass is 32.1. The monoisotopic (exact) mass is 256 g/mol. The van der Waals surface area contributed by atoms with E-state index in [-0.39, 0.29) is 4.87 Å². The van der Waals surface area contributed by atoms with Crippen LogP contribution in [0.15, 0.2) is 10.2 Å². The Morgan fingerprint density at radius 1 is 1.56 bits per heavy atom. The van der Waals surface area contributed by atoms with Crippen LogP contribution < -0.4 is 10.2 Å². The summed E-state index contributed by atoms with van der Waals surface area (Å²) in [5.74, 6) is 1.19. The Balaban J connectivity index is 1.97. The van der Waals surface area contributed by atoms with Gasteiger partial charge in [0.1, 0.15) is 5.82 Å². The van der Waals surface area contributed by atoms with Gasteiger partial charge in [0.05, 0.1) is 6.54 Å². The predicted molar refractivity (Wildman–Crippen MR) is 66.3 cm³/mol. The van der Waals surface area contributed by atoms with Crippen molar-refractivity contribution in [2.75, 3.05) is 5.32 Å². The van der Waals surface area contributed by atoms with Crippen LogP contribution in [0.2, 0.25) is 0 Å². The molecule has 2 aromatic heterocycles. The van der Waals surface area contributed by atoms with Crippen LogP contribution in [-0.2, 0) is 6.54 Å². The Bertz CT molecular complexity index is 513. The molecular weight excluding hydrogens is 244 g/mol. The van der Waals surface area contributed by atoms with Crippen molar-refractivity contribution in [3.05, 3.63) is 26.6 Å². The Kier molecular flexibility index (Phi) is 3.35. The maximum absolute atomic E-state index is 10.9. The van der Waals surface area contributed by atoms with Crippen LogP contribution in [0, 0.1) is 0 Å². The van der Waals surface area contributed by atoms with Gasteiger partial charge in [0.15, 0.2) is 0 Å². The Hall–Kier alpha value is -1.21. The van der Waals surface area contributed by atoms with Crippen molar-refractivity contribution in [2.24, 2.45) is 0 Å². The molecule has 0 aliphatic heterocycles. The zero-order valence-electron chi connectivity index (χ0n) is 8.98. The van der Waals surface area contributed by atoms with Crippen LogP contribution >= 0.6 is 22.9 Å². The minimum atomic E-state index is -0.0306. The Labute approximate surface area is 101 Å². The van der Waals surface area contributed by atoms with Gasteiger partial charge in [0.25, 0.3) is 0 Å². The van der Waals surface area contributed by atoms with Crippen molar-refractivity contribution in [2.45, 2.75) is 26.3 Å². The van der Waals surface area contributed by atoms with Gasteiger partial charge in [0, 0.05) is 28.5 Å². The molecular formula is C9H12N4OS2. The van der Waals surface area contributed by atoms with Gasteiger partial charge < -0.3 is 10.3 Å². The molecule has 0 fully saturated rings. The van der Waals surface area contributed by atoms with Gasteiger partial charge >= 0.3 is 4.87 Å². The number of aromatic nitrogens is 3. The van der Waals surface area contributed by atoms with Crippen molar-refractivity contribution in [3.8, 4) is 0 Å². The van der Waals surface area contributed by atoms with Crippen LogP contribution in [-0.4, -0.2) is 14.3 Å². The highest BCUT2D eigenvalue weighted by Gasteiger charge is 2.07. The number of nitrogens with one attached hydrogen (secondary N) is 2. The third-order valence-corrected chi connectivity index (χ3v) is 3.36. The van der Waals surface area contributed by atoms with E-state index in [2.05, 4.69) is 33.5 Å². The maximum Gasteiger partial charge on any atom is 0.304 e. The molecule has 0 amide bonds. The average molecular weight is 256 g/mol. The van der Waals surface area contributed by atoms with E-state index < -0.39 is 0 Å². The van der Waals surface area contributed by atoms with Crippen LogP contribution in [0.5, 0.6) is 0 Å². The van der Waals surface area contributed by atoms with Gasteiger partial charge in [-0.2, -0.15) is 4.37 Å². The van der Waals surface area contributed by atoms with Crippen molar-refractivity contribution >= 4 is 28.0 Å². The van der Waals surface area contributed by atoms with Crippen molar-refractivity contribution < 1.29 is 0 Å². The van der Waals surface area contributed by atoms with E-state index in [4.69, 9.17) is 0 Å². The summed E-state index contributed by atoms with van der Waals surface area (Å²) in [4.78, 5) is 17.9. The van der Waals surface area contributed by atoms with Gasteiger partial charge in [-0.3, -0.25) is 4.79 Å². The fourth-order valence-electron chi connectivity index (χ4n) is 1.11. The van der Waals surface area contributed by atoms with E-state index in [1.807, 2.05) is 0 Å². The molecule has 2 rings (SSSR count). The lowest BCUT2D eigenvalue weighted by Gasteiger charge is -1.98. The number of H-pyrrole nitrogens is 1. The molecule has 0 aliphatic carbocycles. The van der Waals surface area contributed by atoms with Crippen molar-refractivity contribution in [1.29, 1.82) is 0 Å². The number of thiazole rings is 1. The van der Waals surface area contributed by atoms with Crippen LogP contribution in [0.1, 0.15) is 31.3 Å². The van der Waals surface area contributed by atoms with Crippen molar-refractivity contribution in [3.63, 3.8) is 0 Å². The standard InChI is InChI=1S/C9H12N4OS2/c1-5(2)7-12-8(16-13-7)10-3-6-4-15-9(14)11-6/h4-5H,3H2,1-2H3,(H,11,14)(H,10,12,13). The fraction of sp³-hybridized carbons (Fsp3) is 0.444. The van der Waals surface area contributed by atoms with Gasteiger partial charge in [-0.05, 0) is 0 Å². The summed E-state index contributed by atoms with van der Waals surface area (Å²) in [5, 5.41) is 5.72. The molecule has 0 atom stereocenters. The smallest absolute Gasteiger partial charge is 0.304 e. The quantitative estimate of drug-likeness (QED) is 0.878. The van der Waals surface area contributed by atoms with Crippen molar-refractivity contribution in [1.82, 2.24) is 14.3 Å². The number of hydrogen-bond acceptors (Lipinski definition) is 6. The first-order valence-corrected chi connectivity index (χ1v) is 6.54. The zero-order valence-corrected chi connectivity index (χ0v) is 10.6. The highest BCUT2D eigenvalue weighted by molar-refractivity contribution is 7.09. The first-order valence-electron chi connectivity index (χ1n) is 4.89. The molecule has 0 saturated carbocycles. The van der Waals surface area contributed by atoms with Gasteiger partial charge in [-0.1, -0.05) is 25.2 Å². The summed E-state index contributed by atoms with van der Waals surface area (Å²) in [6.45, 7) is 4.69. The zero-order chi connectivity index (χ0) is 11.5. The molecule has 0 saturated heterocycles. The second-order valence-corrected chi connectivity index (χ2v) is 5.23. The second-order valence-electron chi connectivity index (χ2n) is 3.64. The number of anilines is 1. The molecule has 2 heterocycles. The number of nitrogens with zero attached hydrogens (tertiary/aromatic N) is 2. The third-order valence-electron chi connectivity index (χ3n) is 1.96. The minimum Gasteiger partial charge on any atom is -0.355 e. The number of hydrogen-bond donors (Lipinski definition) is 2. The van der Waals surface area contributed by atoms with E-state index in [0.717, 1.165) is 16.6 Å². The molecule has 7 heteroatoms. The molecule has 2 N–H and O–H groups in total. The van der Waals surface area contributed by atoms with E-state index in [1.54, 1.807) is 5.38 Å². The summed E-state index contributed by atoms with van der Waals surface area (Å²) in [6, 6.07) is 0. The Morgan fingerprint density at radius 2 is 2.38 bits per heavy atom. The molecule has 0 bridgehead atoms. The molecule has 0 radical (unpaired) electrons.